The topological polar surface area (TPSA) is 37.3 Å². The van der Waals surface area contributed by atoms with Gasteiger partial charge in [0.2, 0.25) is 5.91 Å². The summed E-state index contributed by atoms with van der Waals surface area (Å²) >= 11 is 0. The van der Waals surface area contributed by atoms with Gasteiger partial charge in [0.1, 0.15) is 5.82 Å². The number of hydrogen-bond acceptors (Lipinski definition) is 2. The molecule has 1 aromatic heterocycles. The van der Waals surface area contributed by atoms with Crippen LogP contribution in [0, 0.1) is 5.82 Å². The molecule has 1 N–H and O–H groups in total. The molecule has 1 fully saturated rings. The second-order valence-corrected chi connectivity index (χ2v) is 5.70. The molecule has 0 spiro atoms. The Hall–Kier alpha value is -2.14. The second-order valence-electron chi connectivity index (χ2n) is 5.70. The normalized spacial score (nSPS) is 18.5. The highest BCUT2D eigenvalue weighted by Gasteiger charge is 2.29. The van der Waals surface area contributed by atoms with Crippen molar-refractivity contribution < 1.29 is 9.18 Å². The first kappa shape index (κ1) is 14.8. The summed E-state index contributed by atoms with van der Waals surface area (Å²) in [6, 6.07) is 10.6. The molecule has 116 valence electrons. The molecule has 2 heterocycles. The van der Waals surface area contributed by atoms with Gasteiger partial charge in [0, 0.05) is 18.9 Å². The Kier molecular flexibility index (Phi) is 4.24. The maximum Gasteiger partial charge on any atom is 0.238 e. The Morgan fingerprint density at radius 2 is 2.14 bits per heavy atom. The van der Waals surface area contributed by atoms with Gasteiger partial charge in [-0.2, -0.15) is 0 Å². The fraction of sp³-hybridized carbons (Fsp3) is 0.353. The molecule has 0 radical (unpaired) electrons. The molecule has 1 aromatic carbocycles. The van der Waals surface area contributed by atoms with Gasteiger partial charge in [-0.3, -0.25) is 9.69 Å². The monoisotopic (exact) mass is 301 g/mol. The molecule has 1 atom stereocenters. The first-order valence-electron chi connectivity index (χ1n) is 7.55. The van der Waals surface area contributed by atoms with E-state index in [1.165, 1.54) is 11.8 Å². The Balaban J connectivity index is 1.66. The molecule has 3 rings (SSSR count). The number of aryl methyl sites for hydroxylation is 1. The van der Waals surface area contributed by atoms with E-state index in [0.29, 0.717) is 0 Å². The highest BCUT2D eigenvalue weighted by atomic mass is 19.1. The van der Waals surface area contributed by atoms with E-state index in [4.69, 9.17) is 0 Å². The van der Waals surface area contributed by atoms with E-state index in [9.17, 15) is 9.18 Å². The van der Waals surface area contributed by atoms with Gasteiger partial charge in [0.15, 0.2) is 0 Å². The molecule has 1 aliphatic rings. The summed E-state index contributed by atoms with van der Waals surface area (Å²) in [6.07, 6.45) is 4.14. The van der Waals surface area contributed by atoms with Crippen molar-refractivity contribution in [1.29, 1.82) is 0 Å². The number of rotatable bonds is 4. The largest absolute Gasteiger partial charge is 0.353 e. The quantitative estimate of drug-likeness (QED) is 0.943. The lowest BCUT2D eigenvalue weighted by Crippen LogP contribution is -2.33. The molecule has 0 bridgehead atoms. The number of benzene rings is 1. The van der Waals surface area contributed by atoms with Crippen molar-refractivity contribution in [3.8, 4) is 0 Å². The molecule has 1 amide bonds. The van der Waals surface area contributed by atoms with Gasteiger partial charge in [-0.15, -0.1) is 0 Å². The maximum atomic E-state index is 13.6. The zero-order chi connectivity index (χ0) is 15.5. The van der Waals surface area contributed by atoms with E-state index in [0.717, 1.165) is 19.4 Å². The highest BCUT2D eigenvalue weighted by Crippen LogP contribution is 2.31. The summed E-state index contributed by atoms with van der Waals surface area (Å²) in [5, 5.41) is 2.66. The van der Waals surface area contributed by atoms with Crippen molar-refractivity contribution in [3.63, 3.8) is 0 Å². The summed E-state index contributed by atoms with van der Waals surface area (Å²) in [7, 11) is 2.02. The summed E-state index contributed by atoms with van der Waals surface area (Å²) in [4.78, 5) is 14.4. The molecular weight excluding hydrogens is 281 g/mol. The molecule has 4 nitrogen and oxygen atoms in total. The molecule has 22 heavy (non-hydrogen) atoms. The minimum atomic E-state index is -0.406. The number of aromatic nitrogens is 1. The van der Waals surface area contributed by atoms with E-state index in [1.54, 1.807) is 18.2 Å². The Labute approximate surface area is 129 Å². The van der Waals surface area contributed by atoms with Crippen LogP contribution in [-0.4, -0.2) is 28.5 Å². The smallest absolute Gasteiger partial charge is 0.238 e. The van der Waals surface area contributed by atoms with Crippen molar-refractivity contribution in [2.24, 2.45) is 7.05 Å². The van der Waals surface area contributed by atoms with Crippen LogP contribution in [0.15, 0.2) is 42.6 Å². The molecule has 1 unspecified atom stereocenters. The molecule has 1 saturated heterocycles. The number of nitrogens with one attached hydrogen (secondary N) is 1. The summed E-state index contributed by atoms with van der Waals surface area (Å²) in [5.41, 5.74) is 1.46. The third kappa shape index (κ3) is 3.04. The number of amides is 1. The van der Waals surface area contributed by atoms with Crippen molar-refractivity contribution >= 4 is 11.6 Å². The summed E-state index contributed by atoms with van der Waals surface area (Å²) < 4.78 is 15.7. The average Bonchev–Trinajstić information content (AvgIpc) is 3.10. The number of para-hydroxylation sites is 1. The number of anilines is 1. The van der Waals surface area contributed by atoms with Crippen LogP contribution < -0.4 is 5.32 Å². The van der Waals surface area contributed by atoms with Crippen LogP contribution >= 0.6 is 0 Å². The third-order valence-corrected chi connectivity index (χ3v) is 4.18. The Morgan fingerprint density at radius 3 is 2.86 bits per heavy atom. The van der Waals surface area contributed by atoms with Crippen LogP contribution in [0.1, 0.15) is 24.6 Å². The second kappa shape index (κ2) is 6.32. The van der Waals surface area contributed by atoms with E-state index in [-0.39, 0.29) is 24.2 Å². The number of carbonyl (C=O) groups is 1. The summed E-state index contributed by atoms with van der Waals surface area (Å²) in [6.45, 7) is 1.17. The number of likely N-dealkylation sites (tertiary alicyclic amines) is 1. The molecule has 0 saturated carbocycles. The van der Waals surface area contributed by atoms with Gasteiger partial charge in [0.05, 0.1) is 18.3 Å². The van der Waals surface area contributed by atoms with Gasteiger partial charge in [-0.25, -0.2) is 4.39 Å². The Bertz CT molecular complexity index is 667. The van der Waals surface area contributed by atoms with Gasteiger partial charge in [0.25, 0.3) is 0 Å². The zero-order valence-electron chi connectivity index (χ0n) is 12.6. The first-order valence-corrected chi connectivity index (χ1v) is 7.55. The van der Waals surface area contributed by atoms with E-state index in [1.807, 2.05) is 19.3 Å². The maximum absolute atomic E-state index is 13.6. The van der Waals surface area contributed by atoms with Gasteiger partial charge in [-0.1, -0.05) is 12.1 Å². The van der Waals surface area contributed by atoms with Gasteiger partial charge in [-0.05, 0) is 43.7 Å². The highest BCUT2D eigenvalue weighted by molar-refractivity contribution is 5.92. The minimum absolute atomic E-state index is 0.175. The number of nitrogens with zero attached hydrogens (tertiary/aromatic N) is 2. The van der Waals surface area contributed by atoms with Crippen LogP contribution in [0.25, 0.3) is 0 Å². The number of hydrogen-bond donors (Lipinski definition) is 1. The molecule has 0 aliphatic carbocycles. The van der Waals surface area contributed by atoms with Crippen molar-refractivity contribution in [2.45, 2.75) is 18.9 Å². The standard InChI is InChI=1S/C17H20FN3O/c1-20-10-4-8-15(20)16-9-5-11-21(16)12-17(22)19-14-7-3-2-6-13(14)18/h2-4,6-8,10,16H,5,9,11-12H2,1H3,(H,19,22). The predicted molar refractivity (Wildman–Crippen MR) is 84.0 cm³/mol. The summed E-state index contributed by atoms with van der Waals surface area (Å²) in [5.74, 6) is -0.581. The van der Waals surface area contributed by atoms with E-state index >= 15 is 0 Å². The number of carbonyl (C=O) groups excluding carboxylic acids is 1. The van der Waals surface area contributed by atoms with Crippen molar-refractivity contribution in [1.82, 2.24) is 9.47 Å². The lowest BCUT2D eigenvalue weighted by molar-refractivity contribution is -0.117. The van der Waals surface area contributed by atoms with Gasteiger partial charge >= 0.3 is 0 Å². The van der Waals surface area contributed by atoms with Gasteiger partial charge < -0.3 is 9.88 Å². The predicted octanol–water partition coefficient (Wildman–Crippen LogP) is 2.94. The molecule has 1 aliphatic heterocycles. The van der Waals surface area contributed by atoms with Crippen LogP contribution in [-0.2, 0) is 11.8 Å². The van der Waals surface area contributed by atoms with E-state index < -0.39 is 5.82 Å². The zero-order valence-corrected chi connectivity index (χ0v) is 12.6. The fourth-order valence-corrected chi connectivity index (χ4v) is 3.11. The lowest BCUT2D eigenvalue weighted by atomic mass is 10.1. The lowest BCUT2D eigenvalue weighted by Gasteiger charge is -2.24. The minimum Gasteiger partial charge on any atom is -0.353 e. The van der Waals surface area contributed by atoms with Crippen LogP contribution in [0.5, 0.6) is 0 Å². The van der Waals surface area contributed by atoms with Crippen LogP contribution in [0.3, 0.4) is 0 Å². The SMILES string of the molecule is Cn1cccc1C1CCCN1CC(=O)Nc1ccccc1F. The molecule has 5 heteroatoms. The first-order chi connectivity index (χ1) is 10.6. The Morgan fingerprint density at radius 1 is 1.32 bits per heavy atom. The van der Waals surface area contributed by atoms with Crippen LogP contribution in [0.4, 0.5) is 10.1 Å². The average molecular weight is 301 g/mol. The van der Waals surface area contributed by atoms with Crippen LogP contribution in [0.2, 0.25) is 0 Å². The molecule has 2 aromatic rings. The van der Waals surface area contributed by atoms with E-state index in [2.05, 4.69) is 20.9 Å². The number of halogens is 1. The third-order valence-electron chi connectivity index (χ3n) is 4.18. The molecular formula is C17H20FN3O. The van der Waals surface area contributed by atoms with Crippen molar-refractivity contribution in [3.05, 3.63) is 54.1 Å². The van der Waals surface area contributed by atoms with Crippen molar-refractivity contribution in [2.75, 3.05) is 18.4 Å². The fourth-order valence-electron chi connectivity index (χ4n) is 3.11.